The Balaban J connectivity index is 0.00000450. The Bertz CT molecular complexity index is 952. The van der Waals surface area contributed by atoms with Gasteiger partial charge >= 0.3 is 6.36 Å². The average Bonchev–Trinajstić information content (AvgIpc) is 2.63. The van der Waals surface area contributed by atoms with Crippen LogP contribution in [-0.4, -0.2) is 27.3 Å². The van der Waals surface area contributed by atoms with E-state index in [1.807, 2.05) is 6.92 Å². The minimum atomic E-state index is -4.78. The summed E-state index contributed by atoms with van der Waals surface area (Å²) in [6.07, 6.45) is -4.78. The fraction of sp³-hybridized carbons (Fsp3) is 0.278. The van der Waals surface area contributed by atoms with Gasteiger partial charge in [-0.1, -0.05) is 30.3 Å². The average molecular weight is 558 g/mol. The molecule has 0 saturated carbocycles. The molecular formula is C18H22F3IN4O3S. The van der Waals surface area contributed by atoms with Gasteiger partial charge in [-0.05, 0) is 30.7 Å². The molecule has 2 aromatic carbocycles. The van der Waals surface area contributed by atoms with Gasteiger partial charge in [0, 0.05) is 18.7 Å². The van der Waals surface area contributed by atoms with E-state index in [9.17, 15) is 21.6 Å². The summed E-state index contributed by atoms with van der Waals surface area (Å²) in [6.45, 7) is 2.67. The van der Waals surface area contributed by atoms with E-state index in [1.54, 1.807) is 18.2 Å². The topological polar surface area (TPSA) is 106 Å². The van der Waals surface area contributed by atoms with E-state index in [-0.39, 0.29) is 47.7 Å². The lowest BCUT2D eigenvalue weighted by atomic mass is 10.2. The number of guanidine groups is 1. The van der Waals surface area contributed by atoms with Crippen LogP contribution in [0.5, 0.6) is 5.75 Å². The highest BCUT2D eigenvalue weighted by Gasteiger charge is 2.31. The van der Waals surface area contributed by atoms with Crippen LogP contribution in [0.1, 0.15) is 18.1 Å². The second kappa shape index (κ2) is 11.4. The minimum Gasteiger partial charge on any atom is -0.405 e. The minimum absolute atomic E-state index is 0. The van der Waals surface area contributed by atoms with E-state index in [4.69, 9.17) is 5.14 Å². The molecule has 0 unspecified atom stereocenters. The van der Waals surface area contributed by atoms with Gasteiger partial charge in [0.2, 0.25) is 10.0 Å². The van der Waals surface area contributed by atoms with E-state index < -0.39 is 16.4 Å². The van der Waals surface area contributed by atoms with E-state index in [2.05, 4.69) is 20.4 Å². The Labute approximate surface area is 190 Å². The Morgan fingerprint density at radius 3 is 2.30 bits per heavy atom. The van der Waals surface area contributed by atoms with Gasteiger partial charge < -0.3 is 15.4 Å². The first-order valence-electron chi connectivity index (χ1n) is 8.56. The molecule has 0 bridgehead atoms. The monoisotopic (exact) mass is 558 g/mol. The van der Waals surface area contributed by atoms with Crippen molar-refractivity contribution in [2.45, 2.75) is 31.3 Å². The summed E-state index contributed by atoms with van der Waals surface area (Å²) in [7, 11) is -3.77. The molecular weight excluding hydrogens is 536 g/mol. The number of para-hydroxylation sites is 1. The van der Waals surface area contributed by atoms with E-state index in [0.717, 1.165) is 5.56 Å². The first-order chi connectivity index (χ1) is 13.6. The molecule has 0 aromatic heterocycles. The fourth-order valence-corrected chi connectivity index (χ4v) is 2.87. The zero-order valence-electron chi connectivity index (χ0n) is 15.9. The number of primary sulfonamides is 1. The fourth-order valence-electron chi connectivity index (χ4n) is 2.35. The van der Waals surface area contributed by atoms with Crippen molar-refractivity contribution in [2.24, 2.45) is 10.1 Å². The van der Waals surface area contributed by atoms with Gasteiger partial charge in [-0.25, -0.2) is 18.5 Å². The number of benzene rings is 2. The molecule has 0 aliphatic rings. The highest BCUT2D eigenvalue weighted by molar-refractivity contribution is 14.0. The Morgan fingerprint density at radius 2 is 1.73 bits per heavy atom. The van der Waals surface area contributed by atoms with Crippen LogP contribution in [0, 0.1) is 0 Å². The summed E-state index contributed by atoms with van der Waals surface area (Å²) >= 11 is 0. The smallest absolute Gasteiger partial charge is 0.405 e. The maximum atomic E-state index is 12.5. The van der Waals surface area contributed by atoms with Crippen molar-refractivity contribution in [1.29, 1.82) is 0 Å². The largest absolute Gasteiger partial charge is 0.573 e. The molecule has 2 aromatic rings. The van der Waals surface area contributed by atoms with Crippen LogP contribution >= 0.6 is 24.0 Å². The summed E-state index contributed by atoms with van der Waals surface area (Å²) in [5.74, 6) is 0.0896. The molecule has 0 aliphatic heterocycles. The first-order valence-corrected chi connectivity index (χ1v) is 10.1. The van der Waals surface area contributed by atoms with Crippen molar-refractivity contribution in [3.05, 3.63) is 59.7 Å². The molecule has 4 N–H and O–H groups in total. The molecule has 0 atom stereocenters. The summed E-state index contributed by atoms with van der Waals surface area (Å²) < 4.78 is 64.2. The number of alkyl halides is 3. The molecule has 0 aliphatic carbocycles. The number of halogens is 4. The van der Waals surface area contributed by atoms with Crippen LogP contribution in [0.25, 0.3) is 0 Å². The lowest BCUT2D eigenvalue weighted by Gasteiger charge is -2.15. The molecule has 166 valence electrons. The second-order valence-electron chi connectivity index (χ2n) is 5.89. The predicted molar refractivity (Wildman–Crippen MR) is 118 cm³/mol. The van der Waals surface area contributed by atoms with Crippen LogP contribution < -0.4 is 20.5 Å². The lowest BCUT2D eigenvalue weighted by Crippen LogP contribution is -2.37. The Kier molecular flexibility index (Phi) is 9.84. The van der Waals surface area contributed by atoms with Gasteiger partial charge in [-0.2, -0.15) is 0 Å². The number of rotatable bonds is 7. The standard InChI is InChI=1S/C18H21F3N4O3S.HI/c1-2-23-17(24-11-13-7-9-15(10-8-13)29(22,26)27)25-12-14-5-3-4-6-16(14)28-18(19,20)21;/h3-10H,2,11-12H2,1H3,(H2,22,26,27)(H2,23,24,25);1H. The molecule has 0 spiro atoms. The molecule has 12 heteroatoms. The van der Waals surface area contributed by atoms with Gasteiger partial charge in [0.25, 0.3) is 0 Å². The summed E-state index contributed by atoms with van der Waals surface area (Å²) in [4.78, 5) is 4.34. The number of nitrogens with two attached hydrogens (primary N) is 1. The summed E-state index contributed by atoms with van der Waals surface area (Å²) in [5.41, 5.74) is 1.04. The number of nitrogens with zero attached hydrogens (tertiary/aromatic N) is 1. The van der Waals surface area contributed by atoms with E-state index in [0.29, 0.717) is 18.1 Å². The third kappa shape index (κ3) is 8.75. The van der Waals surface area contributed by atoms with Gasteiger partial charge in [0.15, 0.2) is 5.96 Å². The number of sulfonamides is 1. The maximum Gasteiger partial charge on any atom is 0.573 e. The van der Waals surface area contributed by atoms with Crippen molar-refractivity contribution in [2.75, 3.05) is 6.54 Å². The number of nitrogens with one attached hydrogen (secondary N) is 2. The molecule has 30 heavy (non-hydrogen) atoms. The Hall–Kier alpha value is -2.06. The third-order valence-electron chi connectivity index (χ3n) is 3.66. The SMILES string of the molecule is CCNC(=NCc1ccc(S(N)(=O)=O)cc1)NCc1ccccc1OC(F)(F)F.I. The highest BCUT2D eigenvalue weighted by atomic mass is 127. The highest BCUT2D eigenvalue weighted by Crippen LogP contribution is 2.26. The van der Waals surface area contributed by atoms with Crippen LogP contribution in [-0.2, 0) is 23.1 Å². The number of hydrogen-bond donors (Lipinski definition) is 3. The van der Waals surface area contributed by atoms with E-state index in [1.165, 1.54) is 30.3 Å². The van der Waals surface area contributed by atoms with Gasteiger partial charge in [-0.15, -0.1) is 37.1 Å². The molecule has 2 rings (SSSR count). The molecule has 0 saturated heterocycles. The van der Waals surface area contributed by atoms with Crippen molar-refractivity contribution in [1.82, 2.24) is 10.6 Å². The van der Waals surface area contributed by atoms with Crippen molar-refractivity contribution in [3.63, 3.8) is 0 Å². The molecule has 7 nitrogen and oxygen atoms in total. The first kappa shape index (κ1) is 26.0. The quantitative estimate of drug-likeness (QED) is 0.275. The van der Waals surface area contributed by atoms with Gasteiger partial charge in [-0.3, -0.25) is 0 Å². The predicted octanol–water partition coefficient (Wildman–Crippen LogP) is 3.11. The van der Waals surface area contributed by atoms with Crippen LogP contribution in [0.3, 0.4) is 0 Å². The number of ether oxygens (including phenoxy) is 1. The lowest BCUT2D eigenvalue weighted by molar-refractivity contribution is -0.274. The zero-order chi connectivity index (χ0) is 21.5. The summed E-state index contributed by atoms with van der Waals surface area (Å²) in [6, 6.07) is 11.7. The maximum absolute atomic E-state index is 12.5. The molecule has 0 fully saturated rings. The molecule has 0 amide bonds. The van der Waals surface area contributed by atoms with Crippen LogP contribution in [0.2, 0.25) is 0 Å². The second-order valence-corrected chi connectivity index (χ2v) is 7.45. The van der Waals surface area contributed by atoms with Crippen LogP contribution in [0.15, 0.2) is 58.4 Å². The number of hydrogen-bond acceptors (Lipinski definition) is 4. The van der Waals surface area contributed by atoms with E-state index >= 15 is 0 Å². The Morgan fingerprint density at radius 1 is 1.10 bits per heavy atom. The zero-order valence-corrected chi connectivity index (χ0v) is 19.1. The van der Waals surface area contributed by atoms with Crippen molar-refractivity contribution < 1.29 is 26.3 Å². The van der Waals surface area contributed by atoms with Gasteiger partial charge in [0.05, 0.1) is 11.4 Å². The van der Waals surface area contributed by atoms with Crippen molar-refractivity contribution in [3.8, 4) is 5.75 Å². The normalized spacial score (nSPS) is 12.1. The van der Waals surface area contributed by atoms with Crippen LogP contribution in [0.4, 0.5) is 13.2 Å². The molecule has 0 radical (unpaired) electrons. The van der Waals surface area contributed by atoms with Gasteiger partial charge in [0.1, 0.15) is 5.75 Å². The molecule has 0 heterocycles. The summed E-state index contributed by atoms with van der Waals surface area (Å²) in [5, 5.41) is 11.0. The third-order valence-corrected chi connectivity index (χ3v) is 4.59. The van der Waals surface area contributed by atoms with Crippen molar-refractivity contribution >= 4 is 40.0 Å². The number of aliphatic imine (C=N–C) groups is 1.